The van der Waals surface area contributed by atoms with E-state index in [0.717, 1.165) is 38.7 Å². The number of aliphatic carboxylic acids is 1. The molecule has 0 aromatic heterocycles. The average molecular weight is 352 g/mol. The first-order valence-corrected chi connectivity index (χ1v) is 9.76. The molecule has 0 aromatic carbocycles. The van der Waals surface area contributed by atoms with Gasteiger partial charge in [0.15, 0.2) is 0 Å². The highest BCUT2D eigenvalue weighted by atomic mass is 16.5. The lowest BCUT2D eigenvalue weighted by atomic mass is 9.72. The molecule has 0 radical (unpaired) electrons. The largest absolute Gasteiger partial charge is 0.481 e. The van der Waals surface area contributed by atoms with Crippen molar-refractivity contribution in [2.24, 2.45) is 16.7 Å². The van der Waals surface area contributed by atoms with Crippen molar-refractivity contribution in [2.45, 2.75) is 57.8 Å². The van der Waals surface area contributed by atoms with Crippen molar-refractivity contribution in [1.82, 2.24) is 10.2 Å². The van der Waals surface area contributed by atoms with Crippen LogP contribution in [0.2, 0.25) is 0 Å². The second kappa shape index (κ2) is 7.52. The van der Waals surface area contributed by atoms with Gasteiger partial charge < -0.3 is 20.1 Å². The van der Waals surface area contributed by atoms with Crippen LogP contribution in [-0.2, 0) is 9.53 Å². The third-order valence-corrected chi connectivity index (χ3v) is 6.95. The summed E-state index contributed by atoms with van der Waals surface area (Å²) in [5.74, 6) is -0.609. The molecule has 3 rings (SSSR count). The summed E-state index contributed by atoms with van der Waals surface area (Å²) in [5, 5.41) is 12.8. The van der Waals surface area contributed by atoms with Crippen LogP contribution in [0.4, 0.5) is 4.79 Å². The zero-order valence-corrected chi connectivity index (χ0v) is 15.4. The number of carbonyl (C=O) groups is 2. The molecule has 0 aromatic rings. The van der Waals surface area contributed by atoms with Crippen LogP contribution in [0.15, 0.2) is 0 Å². The van der Waals surface area contributed by atoms with Gasteiger partial charge in [0.05, 0.1) is 5.41 Å². The maximum absolute atomic E-state index is 12.7. The molecule has 0 bridgehead atoms. The molecule has 1 aliphatic heterocycles. The SMILES string of the molecule is COCCC1(CNC(=O)N2C[C@@H]3CCC[C@@]3(C(=O)O)C2)CCCCC1. The van der Waals surface area contributed by atoms with E-state index in [1.54, 1.807) is 12.0 Å². The minimum absolute atomic E-state index is 0.0857. The highest BCUT2D eigenvalue weighted by Crippen LogP contribution is 2.49. The predicted molar refractivity (Wildman–Crippen MR) is 94.4 cm³/mol. The summed E-state index contributed by atoms with van der Waals surface area (Å²) < 4.78 is 5.28. The zero-order chi connectivity index (χ0) is 17.9. The lowest BCUT2D eigenvalue weighted by molar-refractivity contribution is -0.149. The number of carboxylic acid groups (broad SMARTS) is 1. The van der Waals surface area contributed by atoms with Gasteiger partial charge in [-0.15, -0.1) is 0 Å². The van der Waals surface area contributed by atoms with Gasteiger partial charge in [-0.2, -0.15) is 0 Å². The van der Waals surface area contributed by atoms with Crippen molar-refractivity contribution >= 4 is 12.0 Å². The van der Waals surface area contributed by atoms with Crippen molar-refractivity contribution in [3.8, 4) is 0 Å². The number of likely N-dealkylation sites (tertiary alicyclic amines) is 1. The van der Waals surface area contributed by atoms with Crippen LogP contribution >= 0.6 is 0 Å². The molecule has 1 saturated heterocycles. The molecule has 6 nitrogen and oxygen atoms in total. The Morgan fingerprint density at radius 1 is 1.20 bits per heavy atom. The number of hydrogen-bond acceptors (Lipinski definition) is 3. The van der Waals surface area contributed by atoms with E-state index in [1.807, 2.05) is 0 Å². The monoisotopic (exact) mass is 352 g/mol. The first-order chi connectivity index (χ1) is 12.0. The fourth-order valence-corrected chi connectivity index (χ4v) is 5.30. The maximum atomic E-state index is 12.7. The lowest BCUT2D eigenvalue weighted by Crippen LogP contribution is -2.46. The highest BCUT2D eigenvalue weighted by Gasteiger charge is 2.55. The van der Waals surface area contributed by atoms with Crippen LogP contribution in [0, 0.1) is 16.7 Å². The third-order valence-electron chi connectivity index (χ3n) is 6.95. The second-order valence-corrected chi connectivity index (χ2v) is 8.39. The molecule has 142 valence electrons. The number of carbonyl (C=O) groups excluding carboxylic acids is 1. The van der Waals surface area contributed by atoms with Crippen LogP contribution in [0.3, 0.4) is 0 Å². The van der Waals surface area contributed by atoms with E-state index in [9.17, 15) is 14.7 Å². The summed E-state index contributed by atoms with van der Waals surface area (Å²) in [6, 6.07) is -0.0857. The van der Waals surface area contributed by atoms with E-state index in [-0.39, 0.29) is 17.4 Å². The Labute approximate surface area is 150 Å². The van der Waals surface area contributed by atoms with Gasteiger partial charge in [0.1, 0.15) is 0 Å². The number of rotatable bonds is 6. The molecule has 3 aliphatic rings. The summed E-state index contributed by atoms with van der Waals surface area (Å²) in [7, 11) is 1.73. The number of urea groups is 1. The van der Waals surface area contributed by atoms with Crippen LogP contribution in [-0.4, -0.2) is 55.4 Å². The van der Waals surface area contributed by atoms with Crippen LogP contribution in [0.25, 0.3) is 0 Å². The number of ether oxygens (including phenoxy) is 1. The normalized spacial score (nSPS) is 30.9. The smallest absolute Gasteiger partial charge is 0.317 e. The van der Waals surface area contributed by atoms with Gasteiger partial charge in [-0.05, 0) is 43.4 Å². The van der Waals surface area contributed by atoms with Gasteiger partial charge in [-0.3, -0.25) is 4.79 Å². The standard InChI is InChI=1S/C19H32N2O4/c1-25-11-10-18(7-3-2-4-8-18)13-20-17(24)21-12-15-6-5-9-19(15,14-21)16(22)23/h15H,2-14H2,1H3,(H,20,24)(H,22,23)/t15-,19+/m0/s1. The highest BCUT2D eigenvalue weighted by molar-refractivity contribution is 5.80. The Morgan fingerprint density at radius 2 is 1.96 bits per heavy atom. The molecule has 1 heterocycles. The molecule has 6 heteroatoms. The molecule has 2 atom stereocenters. The number of methoxy groups -OCH3 is 1. The molecule has 0 spiro atoms. The minimum Gasteiger partial charge on any atom is -0.481 e. The minimum atomic E-state index is -0.728. The van der Waals surface area contributed by atoms with Gasteiger partial charge in [-0.25, -0.2) is 4.79 Å². The Bertz CT molecular complexity index is 504. The van der Waals surface area contributed by atoms with Crippen LogP contribution in [0.1, 0.15) is 57.8 Å². The van der Waals surface area contributed by atoms with Crippen molar-refractivity contribution in [2.75, 3.05) is 33.4 Å². The summed E-state index contributed by atoms with van der Waals surface area (Å²) in [5.41, 5.74) is -0.556. The van der Waals surface area contributed by atoms with E-state index in [1.165, 1.54) is 19.3 Å². The Kier molecular flexibility index (Phi) is 5.56. The van der Waals surface area contributed by atoms with Crippen molar-refractivity contribution in [3.05, 3.63) is 0 Å². The topological polar surface area (TPSA) is 78.9 Å². The predicted octanol–water partition coefficient (Wildman–Crippen LogP) is 2.87. The number of hydrogen-bond donors (Lipinski definition) is 2. The molecule has 2 amide bonds. The van der Waals surface area contributed by atoms with Crippen molar-refractivity contribution in [3.63, 3.8) is 0 Å². The fraction of sp³-hybridized carbons (Fsp3) is 0.895. The van der Waals surface area contributed by atoms with Crippen LogP contribution in [0.5, 0.6) is 0 Å². The van der Waals surface area contributed by atoms with Gasteiger partial charge in [0, 0.05) is 33.4 Å². The van der Waals surface area contributed by atoms with Gasteiger partial charge in [-0.1, -0.05) is 25.7 Å². The van der Waals surface area contributed by atoms with Gasteiger partial charge in [0.2, 0.25) is 0 Å². The van der Waals surface area contributed by atoms with E-state index < -0.39 is 11.4 Å². The summed E-state index contributed by atoms with van der Waals surface area (Å²) in [4.78, 5) is 26.2. The Hall–Kier alpha value is -1.30. The zero-order valence-electron chi connectivity index (χ0n) is 15.4. The molecular weight excluding hydrogens is 320 g/mol. The average Bonchev–Trinajstić information content (AvgIpc) is 3.17. The number of amides is 2. The maximum Gasteiger partial charge on any atom is 0.317 e. The summed E-state index contributed by atoms with van der Waals surface area (Å²) in [6.07, 6.45) is 9.55. The quantitative estimate of drug-likeness (QED) is 0.770. The lowest BCUT2D eigenvalue weighted by Gasteiger charge is -2.38. The Balaban J connectivity index is 1.58. The molecule has 2 N–H and O–H groups in total. The van der Waals surface area contributed by atoms with Gasteiger partial charge in [0.25, 0.3) is 0 Å². The van der Waals surface area contributed by atoms with E-state index in [2.05, 4.69) is 5.32 Å². The third kappa shape index (κ3) is 3.64. The summed E-state index contributed by atoms with van der Waals surface area (Å²) in [6.45, 7) is 2.35. The first kappa shape index (κ1) is 18.5. The van der Waals surface area contributed by atoms with E-state index >= 15 is 0 Å². The van der Waals surface area contributed by atoms with Crippen LogP contribution < -0.4 is 5.32 Å². The molecule has 0 unspecified atom stereocenters. The van der Waals surface area contributed by atoms with E-state index in [0.29, 0.717) is 26.1 Å². The fourth-order valence-electron chi connectivity index (χ4n) is 5.30. The molecule has 3 fully saturated rings. The number of fused-ring (bicyclic) bond motifs is 1. The molecule has 2 saturated carbocycles. The number of nitrogens with zero attached hydrogens (tertiary/aromatic N) is 1. The van der Waals surface area contributed by atoms with E-state index in [4.69, 9.17) is 4.74 Å². The molecular formula is C19H32N2O4. The summed E-state index contributed by atoms with van der Waals surface area (Å²) >= 11 is 0. The molecule has 2 aliphatic carbocycles. The van der Waals surface area contributed by atoms with Gasteiger partial charge >= 0.3 is 12.0 Å². The van der Waals surface area contributed by atoms with Crippen molar-refractivity contribution in [1.29, 1.82) is 0 Å². The number of carboxylic acids is 1. The first-order valence-electron chi connectivity index (χ1n) is 9.76. The number of nitrogens with one attached hydrogen (secondary N) is 1. The molecule has 25 heavy (non-hydrogen) atoms. The Morgan fingerprint density at radius 3 is 2.60 bits per heavy atom. The van der Waals surface area contributed by atoms with Crippen molar-refractivity contribution < 1.29 is 19.4 Å². The second-order valence-electron chi connectivity index (χ2n) is 8.39.